The molecule has 0 bridgehead atoms. The van der Waals surface area contributed by atoms with Crippen molar-refractivity contribution in [3.8, 4) is 0 Å². The molecule has 0 aliphatic rings. The number of nitrogens with zero attached hydrogens (tertiary/aromatic N) is 2. The first-order chi connectivity index (χ1) is 26.5. The van der Waals surface area contributed by atoms with Crippen molar-refractivity contribution in [3.63, 3.8) is 0 Å². The van der Waals surface area contributed by atoms with E-state index >= 15 is 0 Å². The number of halogens is 2. The van der Waals surface area contributed by atoms with Gasteiger partial charge in [-0.25, -0.2) is 18.4 Å². The van der Waals surface area contributed by atoms with E-state index < -0.39 is 11.2 Å². The second kappa shape index (κ2) is 18.3. The molecule has 0 aliphatic carbocycles. The molecule has 56 heavy (non-hydrogen) atoms. The molecule has 2 aromatic heterocycles. The summed E-state index contributed by atoms with van der Waals surface area (Å²) in [5.74, 6) is -0.482. The van der Waals surface area contributed by atoms with E-state index in [1.807, 2.05) is 102 Å². The summed E-state index contributed by atoms with van der Waals surface area (Å²) >= 11 is 3.13. The van der Waals surface area contributed by atoms with Crippen molar-refractivity contribution in [1.82, 2.24) is 19.8 Å². The Morgan fingerprint density at radius 1 is 0.625 bits per heavy atom. The summed E-state index contributed by atoms with van der Waals surface area (Å²) in [6.07, 6.45) is 4.46. The number of rotatable bonds is 10. The van der Waals surface area contributed by atoms with Crippen LogP contribution in [0.4, 0.5) is 18.4 Å². The van der Waals surface area contributed by atoms with Gasteiger partial charge in [-0.3, -0.25) is 0 Å². The van der Waals surface area contributed by atoms with Crippen molar-refractivity contribution >= 4 is 57.5 Å². The molecule has 0 fully saturated rings. The van der Waals surface area contributed by atoms with E-state index in [4.69, 9.17) is 9.47 Å². The van der Waals surface area contributed by atoms with E-state index in [1.165, 1.54) is 23.9 Å². The number of amides is 2. The Balaban J connectivity index is 0.000000214. The molecule has 0 spiro atoms. The molecule has 2 amide bonds. The number of nitrogens with one attached hydrogen (secondary N) is 2. The van der Waals surface area contributed by atoms with Crippen LogP contribution in [-0.2, 0) is 22.3 Å². The highest BCUT2D eigenvalue weighted by atomic mass is 32.2. The molecule has 2 heterocycles. The van der Waals surface area contributed by atoms with Gasteiger partial charge >= 0.3 is 12.2 Å². The van der Waals surface area contributed by atoms with Crippen LogP contribution in [-0.4, -0.2) is 70.3 Å². The lowest BCUT2D eigenvalue weighted by Gasteiger charge is -2.24. The summed E-state index contributed by atoms with van der Waals surface area (Å²) in [7, 11) is 3.48. The zero-order chi connectivity index (χ0) is 40.6. The van der Waals surface area contributed by atoms with Gasteiger partial charge in [0.15, 0.2) is 0 Å². The highest BCUT2D eigenvalue weighted by molar-refractivity contribution is 8.00. The van der Waals surface area contributed by atoms with Crippen molar-refractivity contribution in [3.05, 3.63) is 120 Å². The van der Waals surface area contributed by atoms with Crippen molar-refractivity contribution in [2.45, 2.75) is 85.2 Å². The zero-order valence-electron chi connectivity index (χ0n) is 33.2. The number of hydrogen-bond acceptors (Lipinski definition) is 6. The molecular formula is C44H50F2N4O4S2. The molecule has 0 radical (unpaired) electrons. The minimum absolute atomic E-state index is 0.233. The summed E-state index contributed by atoms with van der Waals surface area (Å²) < 4.78 is 38.7. The SMILES string of the molecule is CN(CCc1ccccc1Sc1c[nH]c2ccc(F)cc12)C(=O)OC(C)(C)C.CN(CCc1ccccc1Sc1c[nH]c2cccc(F)c12)C(=O)OC(C)(C)C. The van der Waals surface area contributed by atoms with E-state index in [9.17, 15) is 18.4 Å². The van der Waals surface area contributed by atoms with Crippen LogP contribution in [0.1, 0.15) is 52.7 Å². The largest absolute Gasteiger partial charge is 0.444 e. The molecular weight excluding hydrogens is 751 g/mol. The average Bonchev–Trinajstić information content (AvgIpc) is 3.73. The van der Waals surface area contributed by atoms with Crippen molar-refractivity contribution in [1.29, 1.82) is 0 Å². The maximum absolute atomic E-state index is 14.3. The van der Waals surface area contributed by atoms with E-state index in [-0.39, 0.29) is 23.8 Å². The molecule has 8 nitrogen and oxygen atoms in total. The molecule has 296 valence electrons. The molecule has 0 unspecified atom stereocenters. The van der Waals surface area contributed by atoms with Gasteiger partial charge in [0, 0.05) is 81.0 Å². The highest BCUT2D eigenvalue weighted by Crippen LogP contribution is 2.37. The van der Waals surface area contributed by atoms with Crippen LogP contribution in [0.5, 0.6) is 0 Å². The first-order valence-corrected chi connectivity index (χ1v) is 20.0. The van der Waals surface area contributed by atoms with Crippen LogP contribution in [0.2, 0.25) is 0 Å². The number of fused-ring (bicyclic) bond motifs is 2. The molecule has 0 saturated heterocycles. The fourth-order valence-electron chi connectivity index (χ4n) is 5.64. The van der Waals surface area contributed by atoms with Gasteiger partial charge in [0.1, 0.15) is 22.8 Å². The van der Waals surface area contributed by atoms with Gasteiger partial charge in [0.25, 0.3) is 0 Å². The van der Waals surface area contributed by atoms with Crippen LogP contribution in [0.3, 0.4) is 0 Å². The number of carbonyl (C=O) groups excluding carboxylic acids is 2. The standard InChI is InChI=1S/2C22H25FN2O2S/c1-22(2,3)27-21(26)25(4)13-12-15-8-5-6-11-18(15)28-19-14-24-17-10-7-9-16(23)20(17)19;1-22(2,3)27-21(26)25(4)12-11-15-7-5-6-8-19(15)28-20-14-24-18-10-9-16(23)13-17(18)20/h5-11,14,24H,12-13H2,1-4H3;5-10,13-14,24H,11-12H2,1-4H3. The van der Waals surface area contributed by atoms with Crippen molar-refractivity contribution in [2.75, 3.05) is 27.2 Å². The predicted octanol–water partition coefficient (Wildman–Crippen LogP) is 11.7. The molecule has 0 atom stereocenters. The lowest BCUT2D eigenvalue weighted by Crippen LogP contribution is -2.35. The third-order valence-corrected chi connectivity index (χ3v) is 10.8. The number of H-pyrrole nitrogens is 2. The number of benzene rings is 4. The maximum Gasteiger partial charge on any atom is 0.410 e. The normalized spacial score (nSPS) is 11.6. The molecule has 6 aromatic rings. The number of hydrogen-bond donors (Lipinski definition) is 2. The first-order valence-electron chi connectivity index (χ1n) is 18.4. The fraction of sp³-hybridized carbons (Fsp3) is 0.318. The van der Waals surface area contributed by atoms with Crippen LogP contribution >= 0.6 is 23.5 Å². The topological polar surface area (TPSA) is 90.7 Å². The first kappa shape index (κ1) is 42.2. The highest BCUT2D eigenvalue weighted by Gasteiger charge is 2.21. The quantitative estimate of drug-likeness (QED) is 0.143. The van der Waals surface area contributed by atoms with Crippen LogP contribution < -0.4 is 0 Å². The Morgan fingerprint density at radius 2 is 1.12 bits per heavy atom. The molecule has 2 N–H and O–H groups in total. The average molecular weight is 801 g/mol. The van der Waals surface area contributed by atoms with Gasteiger partial charge in [-0.1, -0.05) is 66.0 Å². The van der Waals surface area contributed by atoms with Gasteiger partial charge in [0.05, 0.1) is 0 Å². The Hall–Kier alpha value is -4.94. The Bertz CT molecular complexity index is 2280. The number of aromatic nitrogens is 2. The van der Waals surface area contributed by atoms with E-state index in [1.54, 1.807) is 53.9 Å². The monoisotopic (exact) mass is 800 g/mol. The summed E-state index contributed by atoms with van der Waals surface area (Å²) in [4.78, 5) is 37.8. The molecule has 6 rings (SSSR count). The number of likely N-dealkylation sites (N-methyl/N-ethyl adjacent to an activating group) is 2. The van der Waals surface area contributed by atoms with E-state index in [0.29, 0.717) is 31.3 Å². The number of ether oxygens (including phenoxy) is 2. The number of carbonyl (C=O) groups is 2. The summed E-state index contributed by atoms with van der Waals surface area (Å²) in [5, 5.41) is 1.47. The molecule has 12 heteroatoms. The van der Waals surface area contributed by atoms with Gasteiger partial charge in [0.2, 0.25) is 0 Å². The third-order valence-electron chi connectivity index (χ3n) is 8.45. The Labute approximate surface area is 336 Å². The minimum atomic E-state index is -0.515. The van der Waals surface area contributed by atoms with Crippen LogP contribution in [0, 0.1) is 11.6 Å². The third kappa shape index (κ3) is 11.8. The van der Waals surface area contributed by atoms with Crippen molar-refractivity contribution < 1.29 is 27.8 Å². The Morgan fingerprint density at radius 3 is 1.68 bits per heavy atom. The zero-order valence-corrected chi connectivity index (χ0v) is 34.8. The van der Waals surface area contributed by atoms with Gasteiger partial charge in [-0.15, -0.1) is 0 Å². The van der Waals surface area contributed by atoms with Gasteiger partial charge in [-0.2, -0.15) is 0 Å². The molecule has 0 aliphatic heterocycles. The number of aromatic amines is 2. The van der Waals surface area contributed by atoms with E-state index in [0.717, 1.165) is 47.1 Å². The van der Waals surface area contributed by atoms with Gasteiger partial charge < -0.3 is 29.2 Å². The van der Waals surface area contributed by atoms with E-state index in [2.05, 4.69) is 16.0 Å². The van der Waals surface area contributed by atoms with Gasteiger partial charge in [-0.05, 0) is 108 Å². The molecule has 4 aromatic carbocycles. The fourth-order valence-corrected chi connectivity index (χ4v) is 7.83. The second-order valence-corrected chi connectivity index (χ2v) is 17.5. The maximum atomic E-state index is 14.3. The Kier molecular flexibility index (Phi) is 13.8. The second-order valence-electron chi connectivity index (χ2n) is 15.4. The van der Waals surface area contributed by atoms with Crippen LogP contribution in [0.25, 0.3) is 21.8 Å². The lowest BCUT2D eigenvalue weighted by atomic mass is 10.1. The summed E-state index contributed by atoms with van der Waals surface area (Å²) in [5.41, 5.74) is 2.90. The smallest absolute Gasteiger partial charge is 0.410 e. The summed E-state index contributed by atoms with van der Waals surface area (Å²) in [6, 6.07) is 25.9. The van der Waals surface area contributed by atoms with Crippen LogP contribution in [0.15, 0.2) is 117 Å². The lowest BCUT2D eigenvalue weighted by molar-refractivity contribution is 0.0290. The minimum Gasteiger partial charge on any atom is -0.444 e. The summed E-state index contributed by atoms with van der Waals surface area (Å²) in [6.45, 7) is 12.2. The molecule has 0 saturated carbocycles. The van der Waals surface area contributed by atoms with Crippen molar-refractivity contribution in [2.24, 2.45) is 0 Å². The predicted molar refractivity (Wildman–Crippen MR) is 223 cm³/mol.